The highest BCUT2D eigenvalue weighted by molar-refractivity contribution is 6.23. The van der Waals surface area contributed by atoms with E-state index in [9.17, 15) is 0 Å². The third-order valence-corrected chi connectivity index (χ3v) is 12.2. The number of rotatable bonds is 6. The first kappa shape index (κ1) is 34.9. The van der Waals surface area contributed by atoms with Crippen LogP contribution in [0.1, 0.15) is 0 Å². The molecule has 61 heavy (non-hydrogen) atoms. The highest BCUT2D eigenvalue weighted by Crippen LogP contribution is 2.40. The number of hydrogen-bond donors (Lipinski definition) is 0. The van der Waals surface area contributed by atoms with Crippen molar-refractivity contribution in [2.75, 3.05) is 0 Å². The van der Waals surface area contributed by atoms with Gasteiger partial charge in [-0.15, -0.1) is 0 Å². The number of hydrogen-bond acceptors (Lipinski definition) is 2. The summed E-state index contributed by atoms with van der Waals surface area (Å²) in [6.45, 7) is 0. The zero-order chi connectivity index (χ0) is 40.3. The number of fused-ring (bicyclic) bond motifs is 8. The summed E-state index contributed by atoms with van der Waals surface area (Å²) in [5.41, 5.74) is 15.2. The van der Waals surface area contributed by atoms with Gasteiger partial charge in [-0.05, 0) is 81.6 Å². The Morgan fingerprint density at radius 3 is 1.54 bits per heavy atom. The van der Waals surface area contributed by atoms with Crippen LogP contribution in [0.15, 0.2) is 224 Å². The van der Waals surface area contributed by atoms with E-state index in [0.717, 1.165) is 78.0 Å². The lowest BCUT2D eigenvalue weighted by Crippen LogP contribution is -1.94. The van der Waals surface area contributed by atoms with E-state index in [1.54, 1.807) is 0 Å². The molecule has 0 N–H and O–H groups in total. The predicted molar refractivity (Wildman–Crippen MR) is 256 cm³/mol. The molecule has 3 nitrogen and oxygen atoms in total. The van der Waals surface area contributed by atoms with E-state index >= 15 is 0 Å². The van der Waals surface area contributed by atoms with E-state index in [1.165, 1.54) is 38.0 Å². The Bertz CT molecular complexity index is 3510. The summed E-state index contributed by atoms with van der Waals surface area (Å²) in [6, 6.07) is 80.4. The molecule has 0 unspecified atom stereocenters. The quantitative estimate of drug-likeness (QED) is 0.158. The van der Waals surface area contributed by atoms with Crippen LogP contribution < -0.4 is 0 Å². The fourth-order valence-electron chi connectivity index (χ4n) is 9.23. The van der Waals surface area contributed by atoms with Gasteiger partial charge in [0.25, 0.3) is 0 Å². The topological polar surface area (TPSA) is 30.7 Å². The molecule has 3 aromatic heterocycles. The normalized spacial score (nSPS) is 11.6. The zero-order valence-corrected chi connectivity index (χ0v) is 33.2. The summed E-state index contributed by atoms with van der Waals surface area (Å²) >= 11 is 0. The molecule has 0 fully saturated rings. The van der Waals surface area contributed by atoms with Crippen molar-refractivity contribution in [2.45, 2.75) is 0 Å². The van der Waals surface area contributed by atoms with Crippen LogP contribution in [0.25, 0.3) is 116 Å². The van der Waals surface area contributed by atoms with Crippen LogP contribution in [0.5, 0.6) is 0 Å². The molecule has 0 aliphatic carbocycles. The SMILES string of the molecule is c1ccc(-c2cc(-c3ccc(-c4nc5ccc(-c6cccc(-n7c8ccccc8c8ccccc87)c6)cc5c5c4ccc4ccccc45)cc3)cc(-c3ccccc3)n2)cc1. The molecule has 284 valence electrons. The number of pyridine rings is 2. The van der Waals surface area contributed by atoms with E-state index < -0.39 is 0 Å². The number of benzene rings is 9. The Hall–Kier alpha value is -8.14. The molecule has 0 amide bonds. The monoisotopic (exact) mass is 775 g/mol. The predicted octanol–water partition coefficient (Wildman–Crippen LogP) is 15.4. The van der Waals surface area contributed by atoms with Crippen LogP contribution in [-0.2, 0) is 0 Å². The van der Waals surface area contributed by atoms with Crippen LogP contribution >= 0.6 is 0 Å². The number of aromatic nitrogens is 3. The summed E-state index contributed by atoms with van der Waals surface area (Å²) in [4.78, 5) is 10.5. The second kappa shape index (κ2) is 14.3. The lowest BCUT2D eigenvalue weighted by Gasteiger charge is -2.15. The van der Waals surface area contributed by atoms with Crippen LogP contribution in [0, 0.1) is 0 Å². The van der Waals surface area contributed by atoms with Crippen molar-refractivity contribution in [3.05, 3.63) is 224 Å². The van der Waals surface area contributed by atoms with Gasteiger partial charge < -0.3 is 4.57 Å². The zero-order valence-electron chi connectivity index (χ0n) is 33.2. The fourth-order valence-corrected chi connectivity index (χ4v) is 9.23. The van der Waals surface area contributed by atoms with Crippen LogP contribution in [0.4, 0.5) is 0 Å². The molecule has 0 saturated carbocycles. The minimum atomic E-state index is 0.952. The van der Waals surface area contributed by atoms with Gasteiger partial charge in [-0.25, -0.2) is 9.97 Å². The minimum Gasteiger partial charge on any atom is -0.309 e. The smallest absolute Gasteiger partial charge is 0.0788 e. The Labute approximate surface area is 353 Å². The molecule has 0 spiro atoms. The molecule has 0 atom stereocenters. The van der Waals surface area contributed by atoms with Crippen LogP contribution in [0.3, 0.4) is 0 Å². The Morgan fingerprint density at radius 2 is 0.852 bits per heavy atom. The Kier molecular flexibility index (Phi) is 8.17. The molecule has 9 aromatic carbocycles. The van der Waals surface area contributed by atoms with E-state index in [1.807, 2.05) is 12.1 Å². The summed E-state index contributed by atoms with van der Waals surface area (Å²) in [5, 5.41) is 8.45. The Balaban J connectivity index is 0.986. The van der Waals surface area contributed by atoms with Gasteiger partial charge in [-0.2, -0.15) is 0 Å². The van der Waals surface area contributed by atoms with Gasteiger partial charge >= 0.3 is 0 Å². The van der Waals surface area contributed by atoms with Gasteiger partial charge in [-0.3, -0.25) is 0 Å². The largest absolute Gasteiger partial charge is 0.309 e. The molecule has 3 heterocycles. The maximum atomic E-state index is 5.44. The molecule has 3 heteroatoms. The summed E-state index contributed by atoms with van der Waals surface area (Å²) < 4.78 is 2.39. The average Bonchev–Trinajstić information content (AvgIpc) is 3.68. The highest BCUT2D eigenvalue weighted by Gasteiger charge is 2.17. The van der Waals surface area contributed by atoms with Gasteiger partial charge in [0.05, 0.1) is 33.6 Å². The van der Waals surface area contributed by atoms with Crippen molar-refractivity contribution >= 4 is 54.3 Å². The van der Waals surface area contributed by atoms with Gasteiger partial charge in [0, 0.05) is 49.3 Å². The van der Waals surface area contributed by atoms with E-state index in [2.05, 4.69) is 217 Å². The first-order valence-electron chi connectivity index (χ1n) is 20.8. The van der Waals surface area contributed by atoms with Gasteiger partial charge in [-0.1, -0.05) is 176 Å². The number of para-hydroxylation sites is 2. The fraction of sp³-hybridized carbons (Fsp3) is 0. The molecule has 12 rings (SSSR count). The first-order chi connectivity index (χ1) is 30.2. The van der Waals surface area contributed by atoms with E-state index in [4.69, 9.17) is 9.97 Å². The third-order valence-electron chi connectivity index (χ3n) is 12.2. The molecule has 0 aliphatic rings. The van der Waals surface area contributed by atoms with Gasteiger partial charge in [0.2, 0.25) is 0 Å². The van der Waals surface area contributed by atoms with Crippen molar-refractivity contribution in [1.29, 1.82) is 0 Å². The molecular weight excluding hydrogens is 739 g/mol. The highest BCUT2D eigenvalue weighted by atomic mass is 15.0. The molecule has 0 saturated heterocycles. The van der Waals surface area contributed by atoms with E-state index in [0.29, 0.717) is 0 Å². The van der Waals surface area contributed by atoms with Crippen LogP contribution in [0.2, 0.25) is 0 Å². The maximum Gasteiger partial charge on any atom is 0.0788 e. The standard InChI is InChI=1S/C58H37N3/c1-3-15-40(16-4-1)53-36-45(37-54(59-53)41-17-5-2-6-18-41)38-26-28-42(29-27-38)58-50-32-30-39-14-7-8-21-47(39)57(50)51-35-44(31-33-52(51)60-58)43-19-13-20-46(34-43)61-55-24-11-9-22-48(55)49-23-10-12-25-56(49)61/h1-37H. The average molecular weight is 776 g/mol. The first-order valence-corrected chi connectivity index (χ1v) is 20.8. The second-order valence-electron chi connectivity index (χ2n) is 15.8. The summed E-state index contributed by atoms with van der Waals surface area (Å²) in [5.74, 6) is 0. The van der Waals surface area contributed by atoms with Crippen molar-refractivity contribution < 1.29 is 0 Å². The van der Waals surface area contributed by atoms with Crippen LogP contribution in [-0.4, -0.2) is 14.5 Å². The molecule has 0 radical (unpaired) electrons. The molecule has 0 bridgehead atoms. The molecule has 0 aliphatic heterocycles. The number of nitrogens with zero attached hydrogens (tertiary/aromatic N) is 3. The Morgan fingerprint density at radius 1 is 0.295 bits per heavy atom. The third kappa shape index (κ3) is 5.98. The van der Waals surface area contributed by atoms with Gasteiger partial charge in [0.1, 0.15) is 0 Å². The lowest BCUT2D eigenvalue weighted by molar-refractivity contribution is 1.18. The minimum absolute atomic E-state index is 0.952. The van der Waals surface area contributed by atoms with Crippen molar-refractivity contribution in [1.82, 2.24) is 14.5 Å². The maximum absolute atomic E-state index is 5.44. The van der Waals surface area contributed by atoms with Crippen molar-refractivity contribution in [2.24, 2.45) is 0 Å². The van der Waals surface area contributed by atoms with E-state index in [-0.39, 0.29) is 0 Å². The second-order valence-corrected chi connectivity index (χ2v) is 15.8. The molecule has 12 aromatic rings. The summed E-state index contributed by atoms with van der Waals surface area (Å²) in [7, 11) is 0. The van der Waals surface area contributed by atoms with Gasteiger partial charge in [0.15, 0.2) is 0 Å². The molecular formula is C58H37N3. The van der Waals surface area contributed by atoms with Crippen molar-refractivity contribution in [3.63, 3.8) is 0 Å². The summed E-state index contributed by atoms with van der Waals surface area (Å²) in [6.07, 6.45) is 0. The lowest BCUT2D eigenvalue weighted by atomic mass is 9.93. The van der Waals surface area contributed by atoms with Crippen molar-refractivity contribution in [3.8, 4) is 61.7 Å².